The van der Waals surface area contributed by atoms with Gasteiger partial charge in [-0.05, 0) is 56.9 Å². The molecule has 0 amide bonds. The minimum atomic E-state index is -0.289. The molecule has 68 heavy (non-hydrogen) atoms. The zero-order valence-electron chi connectivity index (χ0n) is 39.8. The van der Waals surface area contributed by atoms with Crippen LogP contribution in [0.5, 0.6) is 0 Å². The highest BCUT2D eigenvalue weighted by Gasteiger charge is 2.33. The second kappa shape index (κ2) is 13.9. The molecule has 312 valence electrons. The Morgan fingerprint density at radius 2 is 0.926 bits per heavy atom. The van der Waals surface area contributed by atoms with Gasteiger partial charge in [-0.1, -0.05) is 170 Å². The van der Waals surface area contributed by atoms with E-state index in [1.54, 1.807) is 22.7 Å². The van der Waals surface area contributed by atoms with Gasteiger partial charge >= 0.3 is 0 Å². The lowest BCUT2D eigenvalue weighted by atomic mass is 9.88. The van der Waals surface area contributed by atoms with E-state index >= 15 is 0 Å². The molecule has 0 spiro atoms. The Morgan fingerprint density at radius 3 is 1.44 bits per heavy atom. The molecule has 0 fully saturated rings. The summed E-state index contributed by atoms with van der Waals surface area (Å²) >= 11 is 3.50. The predicted molar refractivity (Wildman–Crippen MR) is 289 cm³/mol. The standard InChI is InChI=1S/C62H32N4S2/c1-64-56-52(35-16-4-2-5-17-35)47(34-63)57(53(36-18-6-3-7-19-36)60(56)65-48-26-14-24-41-37-20-8-9-21-38(37)42-25-15-27-49(65)55(42)54(41)48)66-58-43(30-32-45-39-22-10-12-28-50(39)67-61(45)58)44-31-33-46-40-23-11-13-29-51(40)68-62(46)59(44)66/h2-33H/i8D,9D,20D,21D. The fourth-order valence-electron chi connectivity index (χ4n) is 11.4. The van der Waals surface area contributed by atoms with E-state index in [0.717, 1.165) is 95.1 Å². The summed E-state index contributed by atoms with van der Waals surface area (Å²) in [5.41, 5.74) is 8.15. The highest BCUT2D eigenvalue weighted by atomic mass is 32.1. The second-order valence-electron chi connectivity index (χ2n) is 17.3. The first kappa shape index (κ1) is 33.7. The summed E-state index contributed by atoms with van der Waals surface area (Å²) in [5, 5.41) is 22.8. The van der Waals surface area contributed by atoms with Crippen molar-refractivity contribution in [3.05, 3.63) is 211 Å². The predicted octanol–water partition coefficient (Wildman–Crippen LogP) is 18.1. The molecule has 11 aromatic carbocycles. The number of rotatable bonds is 4. The van der Waals surface area contributed by atoms with Crippen LogP contribution in [0, 0.1) is 17.9 Å². The number of thiophene rings is 2. The van der Waals surface area contributed by atoms with E-state index in [2.05, 4.69) is 105 Å². The van der Waals surface area contributed by atoms with Crippen molar-refractivity contribution >= 4 is 134 Å². The van der Waals surface area contributed by atoms with Crippen LogP contribution in [-0.2, 0) is 0 Å². The van der Waals surface area contributed by atoms with Crippen LogP contribution in [0.2, 0.25) is 0 Å². The number of hydrogen-bond donors (Lipinski definition) is 0. The molecule has 0 aliphatic heterocycles. The minimum Gasteiger partial charge on any atom is -0.318 e. The van der Waals surface area contributed by atoms with Gasteiger partial charge < -0.3 is 9.13 Å². The zero-order chi connectivity index (χ0) is 48.3. The maximum atomic E-state index is 12.2. The Labute approximate surface area is 402 Å². The summed E-state index contributed by atoms with van der Waals surface area (Å²) in [6.07, 6.45) is 0. The van der Waals surface area contributed by atoms with Gasteiger partial charge in [-0.15, -0.1) is 22.7 Å². The highest BCUT2D eigenvalue weighted by molar-refractivity contribution is 7.27. The van der Waals surface area contributed by atoms with Crippen molar-refractivity contribution < 1.29 is 5.48 Å². The first-order valence-corrected chi connectivity index (χ1v) is 24.0. The molecule has 0 saturated carbocycles. The summed E-state index contributed by atoms with van der Waals surface area (Å²) in [6, 6.07) is 59.8. The van der Waals surface area contributed by atoms with Crippen LogP contribution >= 0.6 is 22.7 Å². The van der Waals surface area contributed by atoms with Crippen LogP contribution < -0.4 is 0 Å². The van der Waals surface area contributed by atoms with E-state index in [4.69, 9.17) is 2.74 Å². The summed E-state index contributed by atoms with van der Waals surface area (Å²) in [5.74, 6) is 0. The van der Waals surface area contributed by atoms with Crippen LogP contribution in [0.3, 0.4) is 0 Å². The Hall–Kier alpha value is -8.78. The number of hydrogen-bond acceptors (Lipinski definition) is 3. The third kappa shape index (κ3) is 4.79. The van der Waals surface area contributed by atoms with E-state index in [1.165, 1.54) is 0 Å². The Morgan fingerprint density at radius 1 is 0.456 bits per heavy atom. The number of fused-ring (bicyclic) bond motifs is 14. The molecular weight excluding hydrogens is 865 g/mol. The lowest BCUT2D eigenvalue weighted by Gasteiger charge is -2.26. The molecule has 0 N–H and O–H groups in total. The van der Waals surface area contributed by atoms with Crippen molar-refractivity contribution in [1.82, 2.24) is 9.13 Å². The number of benzene rings is 11. The fourth-order valence-corrected chi connectivity index (χ4v) is 13.9. The van der Waals surface area contributed by atoms with Crippen LogP contribution in [0.25, 0.3) is 144 Å². The second-order valence-corrected chi connectivity index (χ2v) is 19.4. The monoisotopic (exact) mass is 900 g/mol. The SMILES string of the molecule is [2H]c1c([2H])c([2H])c2c3cccc4c3c3c(cccc3n4-c3c([N+]#[C-])c(-c4ccccc4)c(C#N)c(-n4c5c(ccc6c7ccccc7sc65)c5ccc6c7ccccc7sc6c54)c3-c3ccccc3)c2c1[2H]. The molecule has 4 heterocycles. The van der Waals surface area contributed by atoms with E-state index in [0.29, 0.717) is 55.3 Å². The van der Waals surface area contributed by atoms with Gasteiger partial charge in [0.1, 0.15) is 6.07 Å². The molecule has 6 heteroatoms. The van der Waals surface area contributed by atoms with Crippen LogP contribution in [0.4, 0.5) is 5.69 Å². The van der Waals surface area contributed by atoms with Crippen molar-refractivity contribution in [3.8, 4) is 39.7 Å². The van der Waals surface area contributed by atoms with Gasteiger partial charge in [0.05, 0.1) is 60.5 Å². The van der Waals surface area contributed by atoms with Gasteiger partial charge in [0.2, 0.25) is 5.69 Å². The fraction of sp³-hybridized carbons (Fsp3) is 0. The van der Waals surface area contributed by atoms with Gasteiger partial charge in [0.25, 0.3) is 0 Å². The van der Waals surface area contributed by atoms with Gasteiger partial charge in [-0.2, -0.15) is 5.26 Å². The molecule has 4 aromatic heterocycles. The first-order chi connectivity index (χ1) is 35.4. The molecule has 0 aliphatic carbocycles. The average Bonchev–Trinajstić information content (AvgIpc) is 4.19. The normalized spacial score (nSPS) is 12.9. The van der Waals surface area contributed by atoms with Crippen LogP contribution in [0.1, 0.15) is 11.0 Å². The van der Waals surface area contributed by atoms with Crippen molar-refractivity contribution in [2.24, 2.45) is 0 Å². The minimum absolute atomic E-state index is 0.0979. The van der Waals surface area contributed by atoms with Gasteiger partial charge in [-0.25, -0.2) is 4.85 Å². The van der Waals surface area contributed by atoms with Crippen LogP contribution in [0.15, 0.2) is 194 Å². The van der Waals surface area contributed by atoms with Crippen molar-refractivity contribution in [2.45, 2.75) is 0 Å². The molecule has 0 aliphatic rings. The Kier molecular flexibility index (Phi) is 6.87. The maximum Gasteiger partial charge on any atom is 0.220 e. The topological polar surface area (TPSA) is 38.0 Å². The van der Waals surface area contributed by atoms with Crippen molar-refractivity contribution in [2.75, 3.05) is 0 Å². The number of nitrogens with zero attached hydrogens (tertiary/aromatic N) is 4. The highest BCUT2D eigenvalue weighted by Crippen LogP contribution is 2.55. The van der Waals surface area contributed by atoms with Crippen LogP contribution in [-0.4, -0.2) is 9.13 Å². The molecule has 15 rings (SSSR count). The van der Waals surface area contributed by atoms with Crippen molar-refractivity contribution in [1.29, 1.82) is 5.26 Å². The summed E-state index contributed by atoms with van der Waals surface area (Å²) < 4.78 is 45.3. The van der Waals surface area contributed by atoms with Gasteiger partial charge in [-0.3, -0.25) is 0 Å². The number of nitriles is 1. The van der Waals surface area contributed by atoms with Gasteiger partial charge in [0.15, 0.2) is 0 Å². The third-order valence-electron chi connectivity index (χ3n) is 14.0. The molecule has 0 unspecified atom stereocenters. The molecular formula is C62H32N4S2. The summed E-state index contributed by atoms with van der Waals surface area (Å²) in [4.78, 5) is 4.53. The molecule has 0 atom stereocenters. The Bertz CT molecular complexity index is 4770. The zero-order valence-corrected chi connectivity index (χ0v) is 37.4. The lowest BCUT2D eigenvalue weighted by Crippen LogP contribution is -2.09. The molecule has 0 radical (unpaired) electrons. The van der Waals surface area contributed by atoms with E-state index in [1.807, 2.05) is 84.9 Å². The molecule has 0 bridgehead atoms. The Balaban J connectivity index is 1.26. The van der Waals surface area contributed by atoms with Crippen molar-refractivity contribution in [3.63, 3.8) is 0 Å². The van der Waals surface area contributed by atoms with Gasteiger partial charge in [0, 0.05) is 63.6 Å². The summed E-state index contributed by atoms with van der Waals surface area (Å²) in [7, 11) is 0. The van der Waals surface area contributed by atoms with E-state index in [-0.39, 0.29) is 24.2 Å². The molecule has 15 aromatic rings. The molecule has 0 saturated heterocycles. The summed E-state index contributed by atoms with van der Waals surface area (Å²) in [6.45, 7) is 9.38. The maximum absolute atomic E-state index is 12.2. The third-order valence-corrected chi connectivity index (χ3v) is 16.4. The largest absolute Gasteiger partial charge is 0.318 e. The lowest BCUT2D eigenvalue weighted by molar-refractivity contribution is 1.14. The average molecular weight is 901 g/mol. The smallest absolute Gasteiger partial charge is 0.220 e. The number of aromatic nitrogens is 2. The quantitative estimate of drug-likeness (QED) is 0.128. The van der Waals surface area contributed by atoms with E-state index in [9.17, 15) is 14.6 Å². The van der Waals surface area contributed by atoms with E-state index < -0.39 is 0 Å². The molecule has 4 nitrogen and oxygen atoms in total. The first-order valence-electron chi connectivity index (χ1n) is 24.4.